The molecular formula is C34H44BrN5O5. The molecule has 2 saturated heterocycles. The molecule has 1 aliphatic carbocycles. The summed E-state index contributed by atoms with van der Waals surface area (Å²) in [5.41, 5.74) is 1.78. The van der Waals surface area contributed by atoms with Crippen LogP contribution < -0.4 is 5.32 Å². The zero-order chi connectivity index (χ0) is 31.4. The van der Waals surface area contributed by atoms with Crippen LogP contribution in [-0.2, 0) is 22.6 Å². The van der Waals surface area contributed by atoms with Gasteiger partial charge >= 0.3 is 12.1 Å². The summed E-state index contributed by atoms with van der Waals surface area (Å²) >= 11 is 3.33. The van der Waals surface area contributed by atoms with Gasteiger partial charge < -0.3 is 24.9 Å². The third kappa shape index (κ3) is 6.85. The Bertz CT molecular complexity index is 1380. The van der Waals surface area contributed by atoms with Gasteiger partial charge in [0.15, 0.2) is 0 Å². The molecule has 0 spiro atoms. The topological polar surface area (TPSA) is 106 Å². The first-order chi connectivity index (χ1) is 21.9. The van der Waals surface area contributed by atoms with E-state index in [0.29, 0.717) is 36.4 Å². The zero-order valence-corrected chi connectivity index (χ0v) is 27.4. The van der Waals surface area contributed by atoms with Crippen LogP contribution in [0.2, 0.25) is 0 Å². The number of aromatic hydroxyl groups is 1. The number of piperidine rings is 1. The van der Waals surface area contributed by atoms with Crippen molar-refractivity contribution < 1.29 is 24.2 Å². The highest BCUT2D eigenvalue weighted by atomic mass is 79.9. The lowest BCUT2D eigenvalue weighted by Gasteiger charge is -2.57. The van der Waals surface area contributed by atoms with E-state index in [-0.39, 0.29) is 30.9 Å². The van der Waals surface area contributed by atoms with Gasteiger partial charge in [0.05, 0.1) is 4.47 Å². The number of carbonyl (C=O) groups is 3. The minimum absolute atomic E-state index is 0.0387. The lowest BCUT2D eigenvalue weighted by atomic mass is 9.85. The van der Waals surface area contributed by atoms with Gasteiger partial charge in [-0.05, 0) is 70.9 Å². The summed E-state index contributed by atoms with van der Waals surface area (Å²) in [6.45, 7) is 4.24. The molecule has 2 N–H and O–H groups in total. The van der Waals surface area contributed by atoms with Crippen LogP contribution in [0.3, 0.4) is 0 Å². The number of phenolic OH excluding ortho intramolecular Hbond substituents is 1. The summed E-state index contributed by atoms with van der Waals surface area (Å²) in [5.74, 6) is 0.116. The maximum Gasteiger partial charge on any atom is 0.411 e. The van der Waals surface area contributed by atoms with Crippen LogP contribution >= 0.6 is 15.9 Å². The maximum atomic E-state index is 13.9. The van der Waals surface area contributed by atoms with Crippen LogP contribution in [0.5, 0.6) is 5.75 Å². The van der Waals surface area contributed by atoms with Gasteiger partial charge in [-0.1, -0.05) is 43.5 Å². The van der Waals surface area contributed by atoms with Gasteiger partial charge in [0.1, 0.15) is 24.3 Å². The van der Waals surface area contributed by atoms with E-state index in [1.807, 2.05) is 29.2 Å². The van der Waals surface area contributed by atoms with Crippen molar-refractivity contribution in [2.45, 2.75) is 82.1 Å². The number of urea groups is 1. The summed E-state index contributed by atoms with van der Waals surface area (Å²) in [7, 11) is 0. The van der Waals surface area contributed by atoms with Crippen LogP contribution in [0.25, 0.3) is 0 Å². The van der Waals surface area contributed by atoms with Crippen molar-refractivity contribution in [1.29, 1.82) is 0 Å². The first-order valence-corrected chi connectivity index (χ1v) is 17.2. The Morgan fingerprint density at radius 2 is 1.78 bits per heavy atom. The van der Waals surface area contributed by atoms with Gasteiger partial charge in [0.25, 0.3) is 0 Å². The van der Waals surface area contributed by atoms with Crippen molar-refractivity contribution in [2.24, 2.45) is 0 Å². The zero-order valence-electron chi connectivity index (χ0n) is 25.8. The van der Waals surface area contributed by atoms with Gasteiger partial charge in [-0.3, -0.25) is 14.7 Å². The lowest BCUT2D eigenvalue weighted by molar-refractivity contribution is -0.130. The molecular weight excluding hydrogens is 638 g/mol. The van der Waals surface area contributed by atoms with Crippen molar-refractivity contribution in [3.05, 3.63) is 58.1 Å². The number of ether oxygens (including phenoxy) is 1. The Labute approximate surface area is 273 Å². The molecule has 10 nitrogen and oxygen atoms in total. The first kappa shape index (κ1) is 31.8. The van der Waals surface area contributed by atoms with Crippen LogP contribution in [0.1, 0.15) is 62.5 Å². The molecule has 2 atom stereocenters. The number of fused-ring (bicyclic) bond motifs is 1. The number of nitrogens with one attached hydrogen (secondary N) is 1. The largest absolute Gasteiger partial charge is 0.507 e. The molecule has 3 aliphatic heterocycles. The molecule has 0 aromatic heterocycles. The molecule has 0 unspecified atom stereocenters. The number of benzene rings is 2. The summed E-state index contributed by atoms with van der Waals surface area (Å²) in [6.07, 6.45) is 8.73. The Balaban J connectivity index is 1.24. The predicted octanol–water partition coefficient (Wildman–Crippen LogP) is 5.58. The summed E-state index contributed by atoms with van der Waals surface area (Å²) in [4.78, 5) is 48.5. The molecule has 4 aliphatic rings. The summed E-state index contributed by atoms with van der Waals surface area (Å²) in [6, 6.07) is 13.2. The molecule has 2 aromatic rings. The highest BCUT2D eigenvalue weighted by Crippen LogP contribution is 2.39. The number of aldehydes is 1. The first-order valence-electron chi connectivity index (χ1n) is 16.4. The molecule has 0 radical (unpaired) electrons. The summed E-state index contributed by atoms with van der Waals surface area (Å²) < 4.78 is 6.40. The smallest absolute Gasteiger partial charge is 0.411 e. The predicted molar refractivity (Wildman–Crippen MR) is 175 cm³/mol. The second kappa shape index (κ2) is 14.1. The van der Waals surface area contributed by atoms with Crippen molar-refractivity contribution in [3.8, 4) is 5.75 Å². The number of piperazine rings is 1. The van der Waals surface area contributed by atoms with E-state index in [4.69, 9.17) is 4.74 Å². The van der Waals surface area contributed by atoms with Crippen LogP contribution in [0, 0.1) is 0 Å². The van der Waals surface area contributed by atoms with Crippen molar-refractivity contribution >= 4 is 40.0 Å². The minimum Gasteiger partial charge on any atom is -0.507 e. The van der Waals surface area contributed by atoms with Gasteiger partial charge in [0.2, 0.25) is 0 Å². The van der Waals surface area contributed by atoms with Crippen molar-refractivity contribution in [2.75, 3.05) is 44.6 Å². The number of para-hydroxylation sites is 1. The Hall–Kier alpha value is -3.15. The van der Waals surface area contributed by atoms with E-state index in [0.717, 1.165) is 55.7 Å². The number of phenols is 1. The fourth-order valence-corrected chi connectivity index (χ4v) is 8.34. The van der Waals surface area contributed by atoms with E-state index in [2.05, 4.69) is 31.0 Å². The number of amides is 3. The Morgan fingerprint density at radius 3 is 2.53 bits per heavy atom. The number of hydrogen-bond donors (Lipinski definition) is 2. The fraction of sp³-hybridized carbons (Fsp3) is 0.559. The second-order valence-electron chi connectivity index (χ2n) is 12.8. The molecule has 2 aromatic carbocycles. The molecule has 3 heterocycles. The number of anilines is 1. The van der Waals surface area contributed by atoms with E-state index < -0.39 is 11.8 Å². The minimum atomic E-state index is -0.907. The van der Waals surface area contributed by atoms with E-state index in [1.165, 1.54) is 32.1 Å². The number of rotatable bonds is 7. The average Bonchev–Trinajstić information content (AvgIpc) is 3.23. The number of halogens is 1. The highest BCUT2D eigenvalue weighted by Gasteiger charge is 2.52. The molecule has 1 saturated carbocycles. The number of likely N-dealkylation sites (tertiary alicyclic amines) is 1. The molecule has 11 heteroatoms. The third-order valence-electron chi connectivity index (χ3n) is 10.3. The standard InChI is InChI=1S/C34H44BrN5O5/c35-29-22-25(10-11-31(29)42)24-45-33(44)40-16-13-28(39-15-12-26-6-4-5-9-30(26)36-32(39)43)23-34(40,14-21-41)38-19-17-37(18-20-38)27-7-2-1-3-8-27/h4-6,9-11,21-22,27-28,42H,1-3,7-8,12-20,23-24H2,(H,36,43)/t28-,34+/m1/s1. The number of hydrogen-bond acceptors (Lipinski definition) is 7. The second-order valence-corrected chi connectivity index (χ2v) is 13.7. The molecule has 6 rings (SSSR count). The van der Waals surface area contributed by atoms with Crippen molar-refractivity contribution in [3.63, 3.8) is 0 Å². The maximum absolute atomic E-state index is 13.9. The highest BCUT2D eigenvalue weighted by molar-refractivity contribution is 9.10. The normalized spacial score (nSPS) is 25.3. The fourth-order valence-electron chi connectivity index (χ4n) is 7.91. The van der Waals surface area contributed by atoms with E-state index >= 15 is 0 Å². The Kier molecular flexibility index (Phi) is 9.96. The van der Waals surface area contributed by atoms with Gasteiger partial charge in [-0.2, -0.15) is 0 Å². The Morgan fingerprint density at radius 1 is 1.00 bits per heavy atom. The van der Waals surface area contributed by atoms with Crippen molar-refractivity contribution in [1.82, 2.24) is 19.6 Å². The van der Waals surface area contributed by atoms with Gasteiger partial charge in [-0.15, -0.1) is 0 Å². The molecule has 3 fully saturated rings. The number of carbonyl (C=O) groups excluding carboxylic acids is 3. The van der Waals surface area contributed by atoms with E-state index in [1.54, 1.807) is 23.1 Å². The van der Waals surface area contributed by atoms with Crippen LogP contribution in [0.4, 0.5) is 15.3 Å². The van der Waals surface area contributed by atoms with Crippen LogP contribution in [0.15, 0.2) is 46.9 Å². The van der Waals surface area contributed by atoms with Gasteiger partial charge in [-0.25, -0.2) is 9.59 Å². The molecule has 45 heavy (non-hydrogen) atoms. The average molecular weight is 683 g/mol. The molecule has 3 amide bonds. The third-order valence-corrected chi connectivity index (χ3v) is 11.0. The molecule has 0 bridgehead atoms. The SMILES string of the molecule is O=CC[C@@]1(N2CCN(C3CCCCC3)CC2)C[C@H](N2CCc3ccccc3NC2=O)CCN1C(=O)OCc1ccc(O)c(Br)c1. The number of nitrogens with zero attached hydrogens (tertiary/aromatic N) is 4. The monoisotopic (exact) mass is 681 g/mol. The van der Waals surface area contributed by atoms with Gasteiger partial charge in [0, 0.05) is 69.9 Å². The summed E-state index contributed by atoms with van der Waals surface area (Å²) in [5, 5.41) is 13.0. The quantitative estimate of drug-likeness (QED) is 0.368. The lowest BCUT2D eigenvalue weighted by Crippen LogP contribution is -2.71. The molecule has 242 valence electrons. The van der Waals surface area contributed by atoms with E-state index in [9.17, 15) is 19.5 Å². The van der Waals surface area contributed by atoms with Crippen LogP contribution in [-0.4, -0.2) is 100 Å².